The van der Waals surface area contributed by atoms with Gasteiger partial charge >= 0.3 is 0 Å². The van der Waals surface area contributed by atoms with Crippen molar-refractivity contribution in [2.45, 2.75) is 19.4 Å². The van der Waals surface area contributed by atoms with Crippen molar-refractivity contribution in [3.8, 4) is 0 Å². The van der Waals surface area contributed by atoms with Crippen LogP contribution in [0.3, 0.4) is 0 Å². The van der Waals surface area contributed by atoms with E-state index in [0.717, 1.165) is 10.0 Å². The molecule has 1 atom stereocenters. The fourth-order valence-corrected chi connectivity index (χ4v) is 2.81. The minimum absolute atomic E-state index is 0.245. The van der Waals surface area contributed by atoms with E-state index in [1.54, 1.807) is 18.2 Å². The molecule has 2 aromatic rings. The third-order valence-electron chi connectivity index (χ3n) is 3.22. The third kappa shape index (κ3) is 4.25. The molecule has 0 spiro atoms. The molecule has 5 heteroatoms. The van der Waals surface area contributed by atoms with Crippen molar-refractivity contribution in [1.29, 1.82) is 0 Å². The van der Waals surface area contributed by atoms with Crippen molar-refractivity contribution in [3.05, 3.63) is 68.7 Å². The van der Waals surface area contributed by atoms with Crippen LogP contribution in [0.4, 0.5) is 8.78 Å². The van der Waals surface area contributed by atoms with E-state index < -0.39 is 0 Å². The minimum atomic E-state index is -0.360. The van der Waals surface area contributed by atoms with E-state index in [9.17, 15) is 8.78 Å². The number of halogens is 4. The van der Waals surface area contributed by atoms with Crippen LogP contribution in [-0.4, -0.2) is 6.54 Å². The van der Waals surface area contributed by atoms with Gasteiger partial charge in [0.1, 0.15) is 11.6 Å². The maximum Gasteiger partial charge on any atom is 0.129 e. The van der Waals surface area contributed by atoms with E-state index in [4.69, 9.17) is 11.6 Å². The molecule has 2 aromatic carbocycles. The number of likely N-dealkylation sites (N-methyl/N-ethyl adjacent to an activating group) is 1. The first-order chi connectivity index (χ1) is 10.0. The van der Waals surface area contributed by atoms with Crippen LogP contribution in [0.1, 0.15) is 24.1 Å². The van der Waals surface area contributed by atoms with Gasteiger partial charge in [-0.15, -0.1) is 0 Å². The second-order valence-electron chi connectivity index (χ2n) is 4.72. The number of nitrogens with one attached hydrogen (secondary N) is 1. The SMILES string of the molecule is CCNC(Cc1cc(F)ccc1Br)c1ccc(Cl)cc1F. The van der Waals surface area contributed by atoms with E-state index in [0.29, 0.717) is 23.6 Å². The molecule has 112 valence electrons. The topological polar surface area (TPSA) is 12.0 Å². The molecule has 0 saturated carbocycles. The van der Waals surface area contributed by atoms with E-state index >= 15 is 0 Å². The highest BCUT2D eigenvalue weighted by Gasteiger charge is 2.17. The zero-order valence-electron chi connectivity index (χ0n) is 11.5. The quantitative estimate of drug-likeness (QED) is 0.751. The van der Waals surface area contributed by atoms with Gasteiger partial charge in [0.2, 0.25) is 0 Å². The van der Waals surface area contributed by atoms with Crippen molar-refractivity contribution in [1.82, 2.24) is 5.32 Å². The molecule has 0 aliphatic carbocycles. The fraction of sp³-hybridized carbons (Fsp3) is 0.250. The van der Waals surface area contributed by atoms with Gasteiger partial charge in [0.15, 0.2) is 0 Å². The first kappa shape index (κ1) is 16.4. The van der Waals surface area contributed by atoms with Crippen LogP contribution in [0.5, 0.6) is 0 Å². The molecule has 0 radical (unpaired) electrons. The lowest BCUT2D eigenvalue weighted by molar-refractivity contribution is 0.508. The van der Waals surface area contributed by atoms with Gasteiger partial charge < -0.3 is 5.32 Å². The van der Waals surface area contributed by atoms with Gasteiger partial charge in [-0.3, -0.25) is 0 Å². The zero-order chi connectivity index (χ0) is 15.4. The highest BCUT2D eigenvalue weighted by molar-refractivity contribution is 9.10. The summed E-state index contributed by atoms with van der Waals surface area (Å²) >= 11 is 9.19. The summed E-state index contributed by atoms with van der Waals surface area (Å²) in [7, 11) is 0. The normalized spacial score (nSPS) is 12.4. The van der Waals surface area contributed by atoms with E-state index in [-0.39, 0.29) is 17.7 Å². The van der Waals surface area contributed by atoms with Crippen LogP contribution < -0.4 is 5.32 Å². The van der Waals surface area contributed by atoms with Crippen LogP contribution >= 0.6 is 27.5 Å². The molecule has 1 N–H and O–H groups in total. The molecule has 0 fully saturated rings. The zero-order valence-corrected chi connectivity index (χ0v) is 13.8. The number of hydrogen-bond donors (Lipinski definition) is 1. The van der Waals surface area contributed by atoms with Crippen molar-refractivity contribution in [3.63, 3.8) is 0 Å². The van der Waals surface area contributed by atoms with Gasteiger partial charge in [0.05, 0.1) is 0 Å². The molecule has 0 heterocycles. The summed E-state index contributed by atoms with van der Waals surface area (Å²) in [6, 6.07) is 8.88. The van der Waals surface area contributed by atoms with Crippen molar-refractivity contribution in [2.75, 3.05) is 6.54 Å². The molecule has 0 aliphatic rings. The van der Waals surface area contributed by atoms with E-state index in [1.807, 2.05) is 6.92 Å². The van der Waals surface area contributed by atoms with Crippen LogP contribution in [-0.2, 0) is 6.42 Å². The Bertz CT molecular complexity index is 634. The monoisotopic (exact) mass is 373 g/mol. The third-order valence-corrected chi connectivity index (χ3v) is 4.23. The standard InChI is InChI=1S/C16H15BrClF2N/c1-2-21-16(13-5-3-11(18)9-15(13)20)8-10-7-12(19)4-6-14(10)17/h3-7,9,16,21H,2,8H2,1H3. The summed E-state index contributed by atoms with van der Waals surface area (Å²) in [5.41, 5.74) is 1.31. The molecule has 1 nitrogen and oxygen atoms in total. The first-order valence-corrected chi connectivity index (χ1v) is 7.80. The van der Waals surface area contributed by atoms with Crippen LogP contribution in [0.15, 0.2) is 40.9 Å². The molecular formula is C16H15BrClF2N. The summed E-state index contributed by atoms with van der Waals surface area (Å²) in [5, 5.41) is 3.59. The maximum absolute atomic E-state index is 14.1. The lowest BCUT2D eigenvalue weighted by Gasteiger charge is -2.20. The van der Waals surface area contributed by atoms with Crippen LogP contribution in [0, 0.1) is 11.6 Å². The first-order valence-electron chi connectivity index (χ1n) is 6.63. The Hall–Kier alpha value is -0.970. The Morgan fingerprint density at radius 1 is 1.19 bits per heavy atom. The van der Waals surface area contributed by atoms with Gasteiger partial charge in [-0.2, -0.15) is 0 Å². The van der Waals surface area contributed by atoms with Crippen molar-refractivity contribution >= 4 is 27.5 Å². The summed E-state index contributed by atoms with van der Waals surface area (Å²) in [6.45, 7) is 2.63. The number of hydrogen-bond acceptors (Lipinski definition) is 1. The average molecular weight is 375 g/mol. The van der Waals surface area contributed by atoms with Gasteiger partial charge in [-0.25, -0.2) is 8.78 Å². The Morgan fingerprint density at radius 2 is 1.95 bits per heavy atom. The highest BCUT2D eigenvalue weighted by atomic mass is 79.9. The smallest absolute Gasteiger partial charge is 0.129 e. The Kier molecular flexibility index (Phi) is 5.73. The van der Waals surface area contributed by atoms with Crippen molar-refractivity contribution < 1.29 is 8.78 Å². The lowest BCUT2D eigenvalue weighted by Crippen LogP contribution is -2.24. The largest absolute Gasteiger partial charge is 0.310 e. The Morgan fingerprint density at radius 3 is 2.62 bits per heavy atom. The molecular weight excluding hydrogens is 360 g/mol. The Balaban J connectivity index is 2.32. The second kappa shape index (κ2) is 7.34. The van der Waals surface area contributed by atoms with Gasteiger partial charge in [0.25, 0.3) is 0 Å². The number of rotatable bonds is 5. The van der Waals surface area contributed by atoms with Crippen LogP contribution in [0.2, 0.25) is 5.02 Å². The predicted octanol–water partition coefficient (Wildman–Crippen LogP) is 5.27. The van der Waals surface area contributed by atoms with Gasteiger partial charge in [-0.05, 0) is 48.9 Å². The maximum atomic E-state index is 14.1. The molecule has 0 amide bonds. The summed E-state index contributed by atoms with van der Waals surface area (Å²) in [4.78, 5) is 0. The molecule has 0 bridgehead atoms. The van der Waals surface area contributed by atoms with E-state index in [2.05, 4.69) is 21.2 Å². The fourth-order valence-electron chi connectivity index (χ4n) is 2.24. The van der Waals surface area contributed by atoms with E-state index in [1.165, 1.54) is 18.2 Å². The Labute approximate surface area is 136 Å². The summed E-state index contributed by atoms with van der Waals surface area (Å²) < 4.78 is 28.3. The van der Waals surface area contributed by atoms with Gasteiger partial charge in [-0.1, -0.05) is 40.5 Å². The summed E-state index contributed by atoms with van der Waals surface area (Å²) in [5.74, 6) is -0.666. The molecule has 21 heavy (non-hydrogen) atoms. The van der Waals surface area contributed by atoms with Crippen LogP contribution in [0.25, 0.3) is 0 Å². The molecule has 0 saturated heterocycles. The molecule has 0 aliphatic heterocycles. The van der Waals surface area contributed by atoms with Crippen molar-refractivity contribution in [2.24, 2.45) is 0 Å². The molecule has 0 aromatic heterocycles. The summed E-state index contributed by atoms with van der Waals surface area (Å²) in [6.07, 6.45) is 0.477. The lowest BCUT2D eigenvalue weighted by atomic mass is 9.98. The minimum Gasteiger partial charge on any atom is -0.310 e. The number of benzene rings is 2. The average Bonchev–Trinajstić information content (AvgIpc) is 2.42. The second-order valence-corrected chi connectivity index (χ2v) is 6.01. The molecule has 2 rings (SSSR count). The predicted molar refractivity (Wildman–Crippen MR) is 85.6 cm³/mol. The van der Waals surface area contributed by atoms with Gasteiger partial charge in [0, 0.05) is 21.1 Å². The highest BCUT2D eigenvalue weighted by Crippen LogP contribution is 2.27. The molecule has 1 unspecified atom stereocenters.